The largest absolute Gasteiger partial charge is 0.370 e. The van der Waals surface area contributed by atoms with Gasteiger partial charge in [0.1, 0.15) is 0 Å². The summed E-state index contributed by atoms with van der Waals surface area (Å²) in [7, 11) is 0. The SMILES string of the molecule is O=C(CC12CC3CC(CC(C3)C1)C2)NC(=S)Nc1ccccc1N1CCCC1. The van der Waals surface area contributed by atoms with Crippen molar-refractivity contribution in [1.82, 2.24) is 5.32 Å². The van der Waals surface area contributed by atoms with Crippen molar-refractivity contribution in [2.75, 3.05) is 23.3 Å². The van der Waals surface area contributed by atoms with E-state index in [4.69, 9.17) is 12.2 Å². The van der Waals surface area contributed by atoms with Crippen molar-refractivity contribution in [3.05, 3.63) is 24.3 Å². The summed E-state index contributed by atoms with van der Waals surface area (Å²) < 4.78 is 0. The van der Waals surface area contributed by atoms with Crippen LogP contribution < -0.4 is 15.5 Å². The van der Waals surface area contributed by atoms with E-state index in [9.17, 15) is 4.79 Å². The van der Waals surface area contributed by atoms with Crippen LogP contribution in [0, 0.1) is 23.2 Å². The van der Waals surface area contributed by atoms with Crippen molar-refractivity contribution in [3.8, 4) is 0 Å². The minimum atomic E-state index is 0.0955. The van der Waals surface area contributed by atoms with Crippen LogP contribution in [0.2, 0.25) is 0 Å². The van der Waals surface area contributed by atoms with Gasteiger partial charge < -0.3 is 15.5 Å². The number of nitrogens with one attached hydrogen (secondary N) is 2. The molecule has 1 aromatic rings. The average Bonchev–Trinajstić information content (AvgIpc) is 3.14. The van der Waals surface area contributed by atoms with Crippen LogP contribution in [-0.2, 0) is 4.79 Å². The zero-order chi connectivity index (χ0) is 19.1. The maximum atomic E-state index is 12.8. The average molecular weight is 398 g/mol. The number of carbonyl (C=O) groups excluding carboxylic acids is 1. The van der Waals surface area contributed by atoms with Crippen LogP contribution in [0.5, 0.6) is 0 Å². The molecule has 0 spiro atoms. The number of hydrogen-bond donors (Lipinski definition) is 2. The lowest BCUT2D eigenvalue weighted by atomic mass is 9.49. The molecule has 0 radical (unpaired) electrons. The van der Waals surface area contributed by atoms with Crippen molar-refractivity contribution >= 4 is 34.6 Å². The molecule has 0 atom stereocenters. The van der Waals surface area contributed by atoms with E-state index in [2.05, 4.69) is 27.7 Å². The lowest BCUT2D eigenvalue weighted by Gasteiger charge is -2.56. The number of hydrogen-bond acceptors (Lipinski definition) is 3. The van der Waals surface area contributed by atoms with Gasteiger partial charge in [0.05, 0.1) is 11.4 Å². The van der Waals surface area contributed by atoms with Gasteiger partial charge in [-0.1, -0.05) is 12.1 Å². The molecule has 0 unspecified atom stereocenters. The Balaban J connectivity index is 1.20. The Hall–Kier alpha value is -1.62. The lowest BCUT2D eigenvalue weighted by molar-refractivity contribution is -0.127. The van der Waals surface area contributed by atoms with Crippen molar-refractivity contribution in [2.45, 2.75) is 57.8 Å². The Morgan fingerprint density at radius 3 is 2.29 bits per heavy atom. The standard InChI is InChI=1S/C23H31N3OS/c27-21(15-23-12-16-9-17(13-23)11-18(10-16)14-23)25-22(28)24-19-5-1-2-6-20(19)26-7-3-4-8-26/h1-2,5-6,16-18H,3-4,7-15H2,(H2,24,25,27,28). The highest BCUT2D eigenvalue weighted by Gasteiger charge is 2.51. The molecule has 5 aliphatic rings. The Kier molecular flexibility index (Phi) is 4.82. The predicted molar refractivity (Wildman–Crippen MR) is 117 cm³/mol. The molecule has 4 saturated carbocycles. The number of rotatable bonds is 4. The smallest absolute Gasteiger partial charge is 0.226 e. The fourth-order valence-electron chi connectivity index (χ4n) is 6.98. The van der Waals surface area contributed by atoms with Crippen molar-refractivity contribution in [2.24, 2.45) is 23.2 Å². The highest BCUT2D eigenvalue weighted by molar-refractivity contribution is 7.80. The van der Waals surface area contributed by atoms with E-state index in [1.807, 2.05) is 12.1 Å². The molecule has 6 rings (SSSR count). The molecule has 1 aliphatic heterocycles. The van der Waals surface area contributed by atoms with E-state index < -0.39 is 0 Å². The summed E-state index contributed by atoms with van der Waals surface area (Å²) >= 11 is 5.49. The van der Waals surface area contributed by atoms with E-state index in [1.165, 1.54) is 57.1 Å². The number of amides is 1. The van der Waals surface area contributed by atoms with Gasteiger partial charge in [-0.25, -0.2) is 0 Å². The fraction of sp³-hybridized carbons (Fsp3) is 0.652. The molecule has 4 bridgehead atoms. The molecule has 150 valence electrons. The zero-order valence-corrected chi connectivity index (χ0v) is 17.4. The number of anilines is 2. The topological polar surface area (TPSA) is 44.4 Å². The molecule has 2 N–H and O–H groups in total. The van der Waals surface area contributed by atoms with Gasteiger partial charge in [-0.05, 0) is 98.9 Å². The van der Waals surface area contributed by atoms with E-state index in [0.717, 1.165) is 36.5 Å². The molecule has 4 nitrogen and oxygen atoms in total. The molecular formula is C23H31N3OS. The quantitative estimate of drug-likeness (QED) is 0.723. The van der Waals surface area contributed by atoms with Crippen LogP contribution in [0.25, 0.3) is 0 Å². The van der Waals surface area contributed by atoms with Crippen LogP contribution in [-0.4, -0.2) is 24.1 Å². The highest BCUT2D eigenvalue weighted by Crippen LogP contribution is 2.61. The summed E-state index contributed by atoms with van der Waals surface area (Å²) in [5.41, 5.74) is 2.42. The third-order valence-corrected chi connectivity index (χ3v) is 7.76. The van der Waals surface area contributed by atoms with E-state index in [1.54, 1.807) is 0 Å². The number of para-hydroxylation sites is 2. The van der Waals surface area contributed by atoms with Crippen LogP contribution in [0.15, 0.2) is 24.3 Å². The van der Waals surface area contributed by atoms with Crippen LogP contribution in [0.3, 0.4) is 0 Å². The summed E-state index contributed by atoms with van der Waals surface area (Å²) in [6.45, 7) is 2.17. The van der Waals surface area contributed by atoms with E-state index >= 15 is 0 Å². The van der Waals surface area contributed by atoms with E-state index in [-0.39, 0.29) is 11.3 Å². The molecule has 28 heavy (non-hydrogen) atoms. The second kappa shape index (κ2) is 7.33. The summed E-state index contributed by atoms with van der Waals surface area (Å²) in [4.78, 5) is 15.2. The number of benzene rings is 1. The first kappa shape index (κ1) is 18.4. The van der Waals surface area contributed by atoms with Gasteiger partial charge in [-0.3, -0.25) is 4.79 Å². The molecule has 1 aromatic carbocycles. The Labute approximate surface area is 173 Å². The summed E-state index contributed by atoms with van der Waals surface area (Å²) in [6, 6.07) is 8.26. The molecule has 0 aromatic heterocycles. The van der Waals surface area contributed by atoms with Gasteiger partial charge >= 0.3 is 0 Å². The highest BCUT2D eigenvalue weighted by atomic mass is 32.1. The Bertz CT molecular complexity index is 736. The van der Waals surface area contributed by atoms with Gasteiger partial charge in [-0.15, -0.1) is 0 Å². The normalized spacial score (nSPS) is 33.1. The number of carbonyl (C=O) groups is 1. The summed E-state index contributed by atoms with van der Waals surface area (Å²) in [6.07, 6.45) is 11.1. The van der Waals surface area contributed by atoms with Gasteiger partial charge in [0.25, 0.3) is 0 Å². The minimum absolute atomic E-state index is 0.0955. The van der Waals surface area contributed by atoms with Gasteiger partial charge in [0, 0.05) is 19.5 Å². The molecule has 1 amide bonds. The van der Waals surface area contributed by atoms with Gasteiger partial charge in [-0.2, -0.15) is 0 Å². The molecule has 5 fully saturated rings. The van der Waals surface area contributed by atoms with Crippen LogP contribution in [0.1, 0.15) is 57.8 Å². The predicted octanol–water partition coefficient (Wildman–Crippen LogP) is 4.71. The van der Waals surface area contributed by atoms with Crippen molar-refractivity contribution in [1.29, 1.82) is 0 Å². The molecule has 1 heterocycles. The third kappa shape index (κ3) is 3.66. The molecule has 4 aliphatic carbocycles. The molecule has 5 heteroatoms. The monoisotopic (exact) mass is 397 g/mol. The first-order valence-corrected chi connectivity index (χ1v) is 11.4. The van der Waals surface area contributed by atoms with Crippen LogP contribution in [0.4, 0.5) is 11.4 Å². The van der Waals surface area contributed by atoms with Gasteiger partial charge in [0.2, 0.25) is 5.91 Å². The first-order chi connectivity index (χ1) is 13.6. The third-order valence-electron chi connectivity index (χ3n) is 7.55. The maximum absolute atomic E-state index is 12.8. The maximum Gasteiger partial charge on any atom is 0.226 e. The second-order valence-electron chi connectivity index (χ2n) is 9.81. The molecule has 1 saturated heterocycles. The number of thiocarbonyl (C=S) groups is 1. The summed E-state index contributed by atoms with van der Waals surface area (Å²) in [5.74, 6) is 2.71. The van der Waals surface area contributed by atoms with E-state index in [0.29, 0.717) is 11.5 Å². The Morgan fingerprint density at radius 1 is 1.04 bits per heavy atom. The lowest BCUT2D eigenvalue weighted by Crippen LogP contribution is -2.48. The number of nitrogens with zero attached hydrogens (tertiary/aromatic N) is 1. The fourth-order valence-corrected chi connectivity index (χ4v) is 7.21. The van der Waals surface area contributed by atoms with Crippen molar-refractivity contribution in [3.63, 3.8) is 0 Å². The minimum Gasteiger partial charge on any atom is -0.370 e. The Morgan fingerprint density at radius 2 is 1.64 bits per heavy atom. The molecular weight excluding hydrogens is 366 g/mol. The van der Waals surface area contributed by atoms with Gasteiger partial charge in [0.15, 0.2) is 5.11 Å². The van der Waals surface area contributed by atoms with Crippen molar-refractivity contribution < 1.29 is 4.79 Å². The second-order valence-corrected chi connectivity index (χ2v) is 10.2. The zero-order valence-electron chi connectivity index (χ0n) is 16.6. The first-order valence-electron chi connectivity index (χ1n) is 11.0. The summed E-state index contributed by atoms with van der Waals surface area (Å²) in [5, 5.41) is 6.70. The van der Waals surface area contributed by atoms with Crippen LogP contribution >= 0.6 is 12.2 Å².